The summed E-state index contributed by atoms with van der Waals surface area (Å²) in [6, 6.07) is 7.49. The van der Waals surface area contributed by atoms with Crippen LogP contribution in [0.5, 0.6) is 17.2 Å². The van der Waals surface area contributed by atoms with Gasteiger partial charge < -0.3 is 14.2 Å². The Balaban J connectivity index is 2.11. The van der Waals surface area contributed by atoms with Gasteiger partial charge in [-0.25, -0.2) is 4.39 Å². The summed E-state index contributed by atoms with van der Waals surface area (Å²) in [5.74, 6) is 2.30. The van der Waals surface area contributed by atoms with Crippen molar-refractivity contribution in [3.8, 4) is 29.6 Å². The maximum atomic E-state index is 13.3. The lowest BCUT2D eigenvalue weighted by atomic mass is 10.1. The van der Waals surface area contributed by atoms with Gasteiger partial charge in [0, 0.05) is 12.5 Å². The number of rotatable bonds is 7. The van der Waals surface area contributed by atoms with Gasteiger partial charge in [0.2, 0.25) is 0 Å². The van der Waals surface area contributed by atoms with Crippen LogP contribution in [-0.4, -0.2) is 13.7 Å². The molecule has 0 N–H and O–H groups in total. The van der Waals surface area contributed by atoms with Gasteiger partial charge in [-0.1, -0.05) is 6.07 Å². The van der Waals surface area contributed by atoms with Crippen LogP contribution in [0, 0.1) is 18.2 Å². The molecule has 0 heterocycles. The Morgan fingerprint density at radius 3 is 2.46 bits per heavy atom. The standard InChI is InChI=1S/C19H16F4O3/c1-3-4-9-25-14-6-8-17(18(11-14)24-2)26-12-13-5-7-16(20)15(10-13)19(21,22)23/h1,5-8,10-11H,4,9,12H2,2H3. The van der Waals surface area contributed by atoms with Crippen LogP contribution >= 0.6 is 0 Å². The topological polar surface area (TPSA) is 27.7 Å². The predicted octanol–water partition coefficient (Wildman–Crippen LogP) is 4.83. The molecule has 0 fully saturated rings. The Bertz CT molecular complexity index is 794. The van der Waals surface area contributed by atoms with E-state index < -0.39 is 17.6 Å². The summed E-state index contributed by atoms with van der Waals surface area (Å²) in [5.41, 5.74) is -1.15. The minimum Gasteiger partial charge on any atom is -0.493 e. The van der Waals surface area contributed by atoms with Crippen LogP contribution in [0.15, 0.2) is 36.4 Å². The third-order valence-corrected chi connectivity index (χ3v) is 3.38. The lowest BCUT2D eigenvalue weighted by Gasteiger charge is -2.14. The van der Waals surface area contributed by atoms with E-state index in [0.717, 1.165) is 12.1 Å². The van der Waals surface area contributed by atoms with Gasteiger partial charge in [-0.3, -0.25) is 0 Å². The summed E-state index contributed by atoms with van der Waals surface area (Å²) in [6.07, 6.45) is 0.828. The number of methoxy groups -OCH3 is 1. The van der Waals surface area contributed by atoms with Crippen molar-refractivity contribution >= 4 is 0 Å². The van der Waals surface area contributed by atoms with Gasteiger partial charge in [0.15, 0.2) is 11.5 Å². The molecular formula is C19H16F4O3. The Kier molecular flexibility index (Phi) is 6.34. The zero-order chi connectivity index (χ0) is 19.2. The van der Waals surface area contributed by atoms with E-state index in [0.29, 0.717) is 30.3 Å². The molecule has 0 saturated carbocycles. The fraction of sp³-hybridized carbons (Fsp3) is 0.263. The predicted molar refractivity (Wildman–Crippen MR) is 87.7 cm³/mol. The summed E-state index contributed by atoms with van der Waals surface area (Å²) >= 11 is 0. The molecule has 0 radical (unpaired) electrons. The van der Waals surface area contributed by atoms with Crippen LogP contribution in [-0.2, 0) is 12.8 Å². The molecule has 0 amide bonds. The molecule has 0 bridgehead atoms. The molecule has 26 heavy (non-hydrogen) atoms. The molecule has 0 unspecified atom stereocenters. The normalized spacial score (nSPS) is 10.9. The van der Waals surface area contributed by atoms with Crippen molar-refractivity contribution in [1.82, 2.24) is 0 Å². The Morgan fingerprint density at radius 2 is 1.81 bits per heavy atom. The van der Waals surface area contributed by atoms with E-state index in [9.17, 15) is 17.6 Å². The first kappa shape index (κ1) is 19.4. The van der Waals surface area contributed by atoms with Crippen LogP contribution in [0.1, 0.15) is 17.5 Å². The molecule has 0 aliphatic carbocycles. The Morgan fingerprint density at radius 1 is 1.04 bits per heavy atom. The van der Waals surface area contributed by atoms with Crippen molar-refractivity contribution in [3.63, 3.8) is 0 Å². The van der Waals surface area contributed by atoms with Crippen molar-refractivity contribution < 1.29 is 31.8 Å². The number of hydrogen-bond acceptors (Lipinski definition) is 3. The summed E-state index contributed by atoms with van der Waals surface area (Å²) < 4.78 is 67.7. The molecule has 3 nitrogen and oxygen atoms in total. The molecule has 7 heteroatoms. The highest BCUT2D eigenvalue weighted by Crippen LogP contribution is 2.34. The van der Waals surface area contributed by atoms with E-state index in [1.165, 1.54) is 13.2 Å². The van der Waals surface area contributed by atoms with Crippen LogP contribution < -0.4 is 14.2 Å². The molecule has 0 aromatic heterocycles. The average molecular weight is 368 g/mol. The van der Waals surface area contributed by atoms with E-state index in [1.54, 1.807) is 18.2 Å². The highest BCUT2D eigenvalue weighted by atomic mass is 19.4. The highest BCUT2D eigenvalue weighted by Gasteiger charge is 2.34. The minimum absolute atomic E-state index is 0.176. The average Bonchev–Trinajstić information content (AvgIpc) is 2.60. The van der Waals surface area contributed by atoms with Gasteiger partial charge >= 0.3 is 6.18 Å². The smallest absolute Gasteiger partial charge is 0.419 e. The molecule has 2 aromatic rings. The van der Waals surface area contributed by atoms with E-state index in [-0.39, 0.29) is 12.2 Å². The first-order chi connectivity index (χ1) is 12.3. The van der Waals surface area contributed by atoms with Gasteiger partial charge in [0.25, 0.3) is 0 Å². The first-order valence-electron chi connectivity index (χ1n) is 7.58. The summed E-state index contributed by atoms with van der Waals surface area (Å²) in [5, 5.41) is 0. The van der Waals surface area contributed by atoms with Crippen LogP contribution in [0.4, 0.5) is 17.6 Å². The lowest BCUT2D eigenvalue weighted by Crippen LogP contribution is -2.09. The molecule has 2 aromatic carbocycles. The zero-order valence-corrected chi connectivity index (χ0v) is 13.9. The molecule has 0 saturated heterocycles. The largest absolute Gasteiger partial charge is 0.493 e. The molecule has 0 spiro atoms. The fourth-order valence-electron chi connectivity index (χ4n) is 2.13. The quantitative estimate of drug-likeness (QED) is 0.398. The number of hydrogen-bond donors (Lipinski definition) is 0. The molecule has 138 valence electrons. The summed E-state index contributed by atoms with van der Waals surface area (Å²) in [4.78, 5) is 0. The van der Waals surface area contributed by atoms with Crippen LogP contribution in [0.2, 0.25) is 0 Å². The Hall–Kier alpha value is -2.88. The van der Waals surface area contributed by atoms with Crippen molar-refractivity contribution in [1.29, 1.82) is 0 Å². The molecule has 0 atom stereocenters. The number of halogens is 4. The number of alkyl halides is 3. The summed E-state index contributed by atoms with van der Waals surface area (Å²) in [6.45, 7) is 0.159. The third-order valence-electron chi connectivity index (χ3n) is 3.38. The van der Waals surface area contributed by atoms with Gasteiger partial charge in [0.1, 0.15) is 18.2 Å². The number of terminal acetylenes is 1. The maximum absolute atomic E-state index is 13.3. The number of ether oxygens (including phenoxy) is 3. The molecule has 0 aliphatic heterocycles. The third kappa shape index (κ3) is 5.06. The minimum atomic E-state index is -4.77. The van der Waals surface area contributed by atoms with Gasteiger partial charge in [0.05, 0.1) is 19.3 Å². The second-order valence-electron chi connectivity index (χ2n) is 5.22. The van der Waals surface area contributed by atoms with Gasteiger partial charge in [-0.15, -0.1) is 12.3 Å². The van der Waals surface area contributed by atoms with E-state index in [2.05, 4.69) is 5.92 Å². The SMILES string of the molecule is C#CCCOc1ccc(OCc2ccc(F)c(C(F)(F)F)c2)c(OC)c1. The molecule has 0 aliphatic rings. The zero-order valence-electron chi connectivity index (χ0n) is 13.9. The molecular weight excluding hydrogens is 352 g/mol. The van der Waals surface area contributed by atoms with Crippen LogP contribution in [0.25, 0.3) is 0 Å². The second-order valence-corrected chi connectivity index (χ2v) is 5.22. The number of benzene rings is 2. The highest BCUT2D eigenvalue weighted by molar-refractivity contribution is 5.45. The maximum Gasteiger partial charge on any atom is 0.419 e. The van der Waals surface area contributed by atoms with Crippen molar-refractivity contribution in [2.75, 3.05) is 13.7 Å². The first-order valence-corrected chi connectivity index (χ1v) is 7.58. The van der Waals surface area contributed by atoms with Crippen molar-refractivity contribution in [2.24, 2.45) is 0 Å². The fourth-order valence-corrected chi connectivity index (χ4v) is 2.13. The monoisotopic (exact) mass is 368 g/mol. The van der Waals surface area contributed by atoms with Gasteiger partial charge in [-0.05, 0) is 29.8 Å². The van der Waals surface area contributed by atoms with Crippen LogP contribution in [0.3, 0.4) is 0 Å². The van der Waals surface area contributed by atoms with Crippen molar-refractivity contribution in [3.05, 3.63) is 53.3 Å². The second kappa shape index (κ2) is 8.48. The van der Waals surface area contributed by atoms with Gasteiger partial charge in [-0.2, -0.15) is 13.2 Å². The summed E-state index contributed by atoms with van der Waals surface area (Å²) in [7, 11) is 1.42. The van der Waals surface area contributed by atoms with Crippen molar-refractivity contribution in [2.45, 2.75) is 19.2 Å². The molecule has 2 rings (SSSR count). The lowest BCUT2D eigenvalue weighted by molar-refractivity contribution is -0.140. The van der Waals surface area contributed by atoms with E-state index >= 15 is 0 Å². The van der Waals surface area contributed by atoms with E-state index in [1.807, 2.05) is 0 Å². The Labute approximate surface area is 148 Å². The van der Waals surface area contributed by atoms with E-state index in [4.69, 9.17) is 20.6 Å².